The van der Waals surface area contributed by atoms with E-state index >= 15 is 0 Å². The second-order valence-electron chi connectivity index (χ2n) is 7.32. The number of amides is 2. The van der Waals surface area contributed by atoms with Crippen LogP contribution in [0.3, 0.4) is 0 Å². The van der Waals surface area contributed by atoms with Crippen molar-refractivity contribution in [1.82, 2.24) is 10.3 Å². The summed E-state index contributed by atoms with van der Waals surface area (Å²) in [5.41, 5.74) is 5.15. The maximum atomic E-state index is 12.3. The zero-order valence-corrected chi connectivity index (χ0v) is 17.7. The number of anilines is 1. The SMILES string of the molecule is CCOc1ccc(-c2ccc(CNC(=O)Nc3ccc(C)cc3)c3cnccc23)cc1. The molecule has 0 fully saturated rings. The quantitative estimate of drug-likeness (QED) is 0.413. The molecular weight excluding hydrogens is 386 g/mol. The van der Waals surface area contributed by atoms with Crippen molar-refractivity contribution in [1.29, 1.82) is 0 Å². The first-order valence-corrected chi connectivity index (χ1v) is 10.3. The molecule has 1 heterocycles. The van der Waals surface area contributed by atoms with Crippen LogP contribution in [-0.2, 0) is 6.54 Å². The Bertz CT molecular complexity index is 1190. The first kappa shape index (κ1) is 20.4. The number of aryl methyl sites for hydroxylation is 1. The van der Waals surface area contributed by atoms with Gasteiger partial charge < -0.3 is 15.4 Å². The van der Waals surface area contributed by atoms with Gasteiger partial charge in [0.2, 0.25) is 0 Å². The Hall–Kier alpha value is -3.86. The Labute approximate surface area is 182 Å². The van der Waals surface area contributed by atoms with Crippen molar-refractivity contribution in [3.8, 4) is 16.9 Å². The fourth-order valence-corrected chi connectivity index (χ4v) is 3.54. The normalized spacial score (nSPS) is 10.6. The average molecular weight is 412 g/mol. The maximum absolute atomic E-state index is 12.3. The lowest BCUT2D eigenvalue weighted by molar-refractivity contribution is 0.252. The summed E-state index contributed by atoms with van der Waals surface area (Å²) in [5.74, 6) is 0.859. The molecular formula is C26H25N3O2. The van der Waals surface area contributed by atoms with Gasteiger partial charge in [-0.1, -0.05) is 42.0 Å². The van der Waals surface area contributed by atoms with Crippen LogP contribution in [0.15, 0.2) is 79.1 Å². The molecule has 4 aromatic rings. The van der Waals surface area contributed by atoms with Gasteiger partial charge in [0.1, 0.15) is 5.75 Å². The van der Waals surface area contributed by atoms with Gasteiger partial charge >= 0.3 is 6.03 Å². The van der Waals surface area contributed by atoms with E-state index in [1.54, 1.807) is 6.20 Å². The van der Waals surface area contributed by atoms with Crippen molar-refractivity contribution >= 4 is 22.5 Å². The zero-order chi connectivity index (χ0) is 21.6. The van der Waals surface area contributed by atoms with Gasteiger partial charge in [0.05, 0.1) is 6.61 Å². The summed E-state index contributed by atoms with van der Waals surface area (Å²) in [6.45, 7) is 5.04. The number of nitrogens with zero attached hydrogens (tertiary/aromatic N) is 1. The van der Waals surface area contributed by atoms with Crippen molar-refractivity contribution in [2.75, 3.05) is 11.9 Å². The van der Waals surface area contributed by atoms with Crippen LogP contribution in [0.25, 0.3) is 21.9 Å². The van der Waals surface area contributed by atoms with Crippen LogP contribution >= 0.6 is 0 Å². The van der Waals surface area contributed by atoms with E-state index in [4.69, 9.17) is 4.74 Å². The van der Waals surface area contributed by atoms with Crippen molar-refractivity contribution in [2.24, 2.45) is 0 Å². The molecule has 0 saturated carbocycles. The van der Waals surface area contributed by atoms with E-state index < -0.39 is 0 Å². The van der Waals surface area contributed by atoms with Gasteiger partial charge in [-0.3, -0.25) is 4.98 Å². The van der Waals surface area contributed by atoms with E-state index in [1.165, 1.54) is 0 Å². The molecule has 2 N–H and O–H groups in total. The van der Waals surface area contributed by atoms with Gasteiger partial charge in [0, 0.05) is 30.0 Å². The van der Waals surface area contributed by atoms with Crippen LogP contribution in [0, 0.1) is 6.92 Å². The second-order valence-corrected chi connectivity index (χ2v) is 7.32. The largest absolute Gasteiger partial charge is 0.494 e. The minimum absolute atomic E-state index is 0.239. The third kappa shape index (κ3) is 4.83. The molecule has 0 unspecified atom stereocenters. The van der Waals surface area contributed by atoms with E-state index in [0.717, 1.165) is 44.5 Å². The zero-order valence-electron chi connectivity index (χ0n) is 17.7. The van der Waals surface area contributed by atoms with Crippen LogP contribution < -0.4 is 15.4 Å². The summed E-state index contributed by atoms with van der Waals surface area (Å²) >= 11 is 0. The molecule has 0 radical (unpaired) electrons. The summed E-state index contributed by atoms with van der Waals surface area (Å²) in [6.07, 6.45) is 3.64. The number of carbonyl (C=O) groups excluding carboxylic acids is 1. The highest BCUT2D eigenvalue weighted by Crippen LogP contribution is 2.31. The fraction of sp³-hybridized carbons (Fsp3) is 0.154. The number of fused-ring (bicyclic) bond motifs is 1. The first-order chi connectivity index (χ1) is 15.1. The molecule has 5 heteroatoms. The van der Waals surface area contributed by atoms with E-state index in [9.17, 15) is 4.79 Å². The Morgan fingerprint density at radius 1 is 0.935 bits per heavy atom. The van der Waals surface area contributed by atoms with Gasteiger partial charge in [0.25, 0.3) is 0 Å². The fourth-order valence-electron chi connectivity index (χ4n) is 3.54. The van der Waals surface area contributed by atoms with Crippen LogP contribution in [0.5, 0.6) is 5.75 Å². The Balaban J connectivity index is 1.53. The number of carbonyl (C=O) groups is 1. The lowest BCUT2D eigenvalue weighted by Crippen LogP contribution is -2.28. The number of nitrogens with one attached hydrogen (secondary N) is 2. The molecule has 0 atom stereocenters. The Morgan fingerprint density at radius 3 is 2.45 bits per heavy atom. The number of aromatic nitrogens is 1. The Morgan fingerprint density at radius 2 is 1.71 bits per heavy atom. The third-order valence-corrected chi connectivity index (χ3v) is 5.13. The van der Waals surface area contributed by atoms with Gasteiger partial charge in [-0.15, -0.1) is 0 Å². The molecule has 156 valence electrons. The summed E-state index contributed by atoms with van der Waals surface area (Å²) in [6, 6.07) is 21.7. The molecule has 2 amide bonds. The van der Waals surface area contributed by atoms with Crippen LogP contribution in [0.2, 0.25) is 0 Å². The van der Waals surface area contributed by atoms with Gasteiger partial charge in [-0.2, -0.15) is 0 Å². The van der Waals surface area contributed by atoms with E-state index in [2.05, 4.69) is 33.8 Å². The smallest absolute Gasteiger partial charge is 0.319 e. The van der Waals surface area contributed by atoms with Gasteiger partial charge in [-0.25, -0.2) is 4.79 Å². The standard InChI is InChI=1S/C26H25N3O2/c1-3-31-22-11-6-19(7-12-22)23-13-8-20(25-17-27-15-14-24(23)25)16-28-26(30)29-21-9-4-18(2)5-10-21/h4-15,17H,3,16H2,1-2H3,(H2,28,29,30). The van der Waals surface area contributed by atoms with Gasteiger partial charge in [-0.05, 0) is 66.3 Å². The average Bonchev–Trinajstić information content (AvgIpc) is 2.80. The molecule has 0 aliphatic carbocycles. The number of ether oxygens (including phenoxy) is 1. The Kier molecular flexibility index (Phi) is 6.13. The van der Waals surface area contributed by atoms with E-state index in [-0.39, 0.29) is 6.03 Å². The minimum Gasteiger partial charge on any atom is -0.494 e. The molecule has 4 rings (SSSR count). The van der Waals surface area contributed by atoms with Crippen LogP contribution in [-0.4, -0.2) is 17.6 Å². The number of rotatable bonds is 6. The maximum Gasteiger partial charge on any atom is 0.319 e. The molecule has 0 bridgehead atoms. The lowest BCUT2D eigenvalue weighted by Gasteiger charge is -2.13. The molecule has 0 aliphatic rings. The number of hydrogen-bond donors (Lipinski definition) is 2. The predicted octanol–water partition coefficient (Wildman–Crippen LogP) is 5.93. The summed E-state index contributed by atoms with van der Waals surface area (Å²) in [7, 11) is 0. The monoisotopic (exact) mass is 411 g/mol. The summed E-state index contributed by atoms with van der Waals surface area (Å²) in [4.78, 5) is 16.6. The minimum atomic E-state index is -0.239. The predicted molar refractivity (Wildman–Crippen MR) is 125 cm³/mol. The molecule has 3 aromatic carbocycles. The first-order valence-electron chi connectivity index (χ1n) is 10.3. The lowest BCUT2D eigenvalue weighted by atomic mass is 9.96. The van der Waals surface area contributed by atoms with Crippen LogP contribution in [0.1, 0.15) is 18.1 Å². The van der Waals surface area contributed by atoms with E-state index in [0.29, 0.717) is 13.2 Å². The van der Waals surface area contributed by atoms with Crippen molar-refractivity contribution in [3.05, 3.63) is 90.3 Å². The van der Waals surface area contributed by atoms with Crippen molar-refractivity contribution in [2.45, 2.75) is 20.4 Å². The number of benzene rings is 3. The second kappa shape index (κ2) is 9.30. The summed E-state index contributed by atoms with van der Waals surface area (Å²) < 4.78 is 5.55. The number of hydrogen-bond acceptors (Lipinski definition) is 3. The van der Waals surface area contributed by atoms with E-state index in [1.807, 2.05) is 68.6 Å². The highest BCUT2D eigenvalue weighted by atomic mass is 16.5. The molecule has 0 saturated heterocycles. The summed E-state index contributed by atoms with van der Waals surface area (Å²) in [5, 5.41) is 7.92. The highest BCUT2D eigenvalue weighted by Gasteiger charge is 2.10. The van der Waals surface area contributed by atoms with Gasteiger partial charge in [0.15, 0.2) is 0 Å². The van der Waals surface area contributed by atoms with Crippen molar-refractivity contribution in [3.63, 3.8) is 0 Å². The highest BCUT2D eigenvalue weighted by molar-refractivity contribution is 5.98. The van der Waals surface area contributed by atoms with Crippen molar-refractivity contribution < 1.29 is 9.53 Å². The molecule has 5 nitrogen and oxygen atoms in total. The topological polar surface area (TPSA) is 63.2 Å². The molecule has 0 aliphatic heterocycles. The molecule has 0 spiro atoms. The number of pyridine rings is 1. The third-order valence-electron chi connectivity index (χ3n) is 5.13. The molecule has 1 aromatic heterocycles. The number of urea groups is 1. The van der Waals surface area contributed by atoms with Crippen LogP contribution in [0.4, 0.5) is 10.5 Å². The molecule has 31 heavy (non-hydrogen) atoms.